The first-order chi connectivity index (χ1) is 26.7. The van der Waals surface area contributed by atoms with Crippen LogP contribution in [0.3, 0.4) is 0 Å². The summed E-state index contributed by atoms with van der Waals surface area (Å²) in [6.45, 7) is 8.31. The van der Waals surface area contributed by atoms with Crippen LogP contribution in [0.2, 0.25) is 0 Å². The van der Waals surface area contributed by atoms with Gasteiger partial charge in [-0.05, 0) is 52.8 Å². The molecule has 3 amide bonds. The summed E-state index contributed by atoms with van der Waals surface area (Å²) < 4.78 is 5.88. The van der Waals surface area contributed by atoms with Crippen molar-refractivity contribution in [3.63, 3.8) is 0 Å². The molecule has 0 aliphatic carbocycles. The van der Waals surface area contributed by atoms with E-state index in [0.717, 1.165) is 28.9 Å². The third-order valence-corrected chi connectivity index (χ3v) is 9.08. The minimum absolute atomic E-state index is 0.0200. The summed E-state index contributed by atoms with van der Waals surface area (Å²) >= 11 is 0. The van der Waals surface area contributed by atoms with Gasteiger partial charge in [-0.3, -0.25) is 19.2 Å². The van der Waals surface area contributed by atoms with Crippen LogP contribution >= 0.6 is 0 Å². The zero-order valence-electron chi connectivity index (χ0n) is 32.3. The molecule has 0 unspecified atom stereocenters. The van der Waals surface area contributed by atoms with Crippen molar-refractivity contribution in [2.75, 3.05) is 13.2 Å². The number of benzene rings is 3. The summed E-state index contributed by atoms with van der Waals surface area (Å²) in [5.74, 6) is -3.78. The monoisotopic (exact) mass is 765 g/mol. The van der Waals surface area contributed by atoms with Gasteiger partial charge in [-0.15, -0.1) is 0 Å². The van der Waals surface area contributed by atoms with Gasteiger partial charge in [-0.1, -0.05) is 102 Å². The van der Waals surface area contributed by atoms with E-state index in [1.54, 1.807) is 48.8 Å². The molecule has 1 heterocycles. The van der Waals surface area contributed by atoms with Crippen molar-refractivity contribution in [2.24, 2.45) is 0 Å². The molecule has 2 atom stereocenters. The van der Waals surface area contributed by atoms with Crippen LogP contribution in [0, 0.1) is 0 Å². The topological polar surface area (TPSA) is 197 Å². The zero-order valence-corrected chi connectivity index (χ0v) is 32.3. The molecule has 4 aromatic rings. The summed E-state index contributed by atoms with van der Waals surface area (Å²) in [5, 5.41) is 25.7. The predicted molar refractivity (Wildman–Crippen MR) is 212 cm³/mol. The summed E-state index contributed by atoms with van der Waals surface area (Å²) in [4.78, 5) is 71.1. The molecule has 3 aromatic carbocycles. The third kappa shape index (κ3) is 13.3. The molecule has 296 valence electrons. The SMILES string of the molecule is CCCCCCCOc1ccc(-c2cnc(-c3ccc(C[C@H](NC(=O)c4ccc(C(C)(C)C)cc4)C(=O)N[C@@H](CC(=O)NCC(=O)O)C(=O)O)cc3)nc2)cc1. The first-order valence-corrected chi connectivity index (χ1v) is 18.8. The maximum absolute atomic E-state index is 13.6. The zero-order chi connectivity index (χ0) is 40.7. The fourth-order valence-corrected chi connectivity index (χ4v) is 5.77. The van der Waals surface area contributed by atoms with Crippen LogP contribution in [0.5, 0.6) is 5.75 Å². The lowest BCUT2D eigenvalue weighted by Crippen LogP contribution is -2.53. The van der Waals surface area contributed by atoms with Crippen molar-refractivity contribution in [3.8, 4) is 28.3 Å². The predicted octanol–water partition coefficient (Wildman–Crippen LogP) is 5.96. The molecule has 13 nitrogen and oxygen atoms in total. The van der Waals surface area contributed by atoms with Gasteiger partial charge in [0, 0.05) is 35.5 Å². The van der Waals surface area contributed by atoms with Gasteiger partial charge in [0.25, 0.3) is 5.91 Å². The standard InChI is InChI=1S/C43H51N5O8/c1-5-6-7-8-9-22-56-34-20-16-29(17-21-34)32-25-45-39(46-26-32)30-12-10-28(11-13-30)23-35(47-40(52)31-14-18-33(19-15-31)43(2,3)4)41(53)48-36(42(54)55)24-37(49)44-27-38(50)51/h10-21,25-26,35-36H,5-9,22-24,27H2,1-4H3,(H,44,49)(H,47,52)(H,48,53)(H,50,51)(H,54,55)/t35-,36-/m0/s1. The van der Waals surface area contributed by atoms with Gasteiger partial charge in [-0.2, -0.15) is 0 Å². The number of carbonyl (C=O) groups excluding carboxylic acids is 3. The Morgan fingerprint density at radius 3 is 1.95 bits per heavy atom. The second-order valence-electron chi connectivity index (χ2n) is 14.6. The molecular formula is C43H51N5O8. The maximum Gasteiger partial charge on any atom is 0.326 e. The van der Waals surface area contributed by atoms with E-state index < -0.39 is 54.7 Å². The number of hydrogen-bond acceptors (Lipinski definition) is 8. The van der Waals surface area contributed by atoms with E-state index in [1.165, 1.54) is 25.7 Å². The van der Waals surface area contributed by atoms with E-state index in [1.807, 2.05) is 57.2 Å². The molecule has 0 aliphatic rings. The van der Waals surface area contributed by atoms with Gasteiger partial charge in [0.05, 0.1) is 13.0 Å². The summed E-state index contributed by atoms with van der Waals surface area (Å²) in [6.07, 6.45) is 8.64. The Labute approximate surface area is 327 Å². The Hall–Kier alpha value is -6.11. The smallest absolute Gasteiger partial charge is 0.326 e. The van der Waals surface area contributed by atoms with E-state index in [2.05, 4.69) is 32.8 Å². The second kappa shape index (κ2) is 20.5. The van der Waals surface area contributed by atoms with Crippen molar-refractivity contribution in [1.82, 2.24) is 25.9 Å². The van der Waals surface area contributed by atoms with Crippen LogP contribution in [0.15, 0.2) is 85.2 Å². The molecule has 0 spiro atoms. The van der Waals surface area contributed by atoms with E-state index in [9.17, 15) is 29.1 Å². The number of aliphatic carboxylic acids is 2. The van der Waals surface area contributed by atoms with Gasteiger partial charge in [0.2, 0.25) is 11.8 Å². The van der Waals surface area contributed by atoms with Crippen LogP contribution < -0.4 is 20.7 Å². The lowest BCUT2D eigenvalue weighted by Gasteiger charge is -2.22. The first-order valence-electron chi connectivity index (χ1n) is 18.8. The fourth-order valence-electron chi connectivity index (χ4n) is 5.77. The summed E-state index contributed by atoms with van der Waals surface area (Å²) in [7, 11) is 0. The Balaban J connectivity index is 1.45. The average Bonchev–Trinajstić information content (AvgIpc) is 3.18. The summed E-state index contributed by atoms with van der Waals surface area (Å²) in [5.41, 5.74) is 4.31. The highest BCUT2D eigenvalue weighted by atomic mass is 16.5. The number of aromatic nitrogens is 2. The number of carbonyl (C=O) groups is 5. The van der Waals surface area contributed by atoms with E-state index >= 15 is 0 Å². The molecule has 4 rings (SSSR count). The molecule has 1 aromatic heterocycles. The second-order valence-corrected chi connectivity index (χ2v) is 14.6. The van der Waals surface area contributed by atoms with Gasteiger partial charge in [0.1, 0.15) is 24.4 Å². The fraction of sp³-hybridized carbons (Fsp3) is 0.372. The molecule has 56 heavy (non-hydrogen) atoms. The molecule has 0 fully saturated rings. The van der Waals surface area contributed by atoms with Crippen molar-refractivity contribution < 1.29 is 38.9 Å². The number of nitrogens with one attached hydrogen (secondary N) is 3. The van der Waals surface area contributed by atoms with E-state index in [4.69, 9.17) is 9.84 Å². The molecule has 0 bridgehead atoms. The minimum Gasteiger partial charge on any atom is -0.494 e. The molecule has 5 N–H and O–H groups in total. The highest BCUT2D eigenvalue weighted by Gasteiger charge is 2.29. The average molecular weight is 766 g/mol. The first kappa shape index (κ1) is 42.6. The number of rotatable bonds is 20. The van der Waals surface area contributed by atoms with Crippen molar-refractivity contribution in [3.05, 3.63) is 102 Å². The van der Waals surface area contributed by atoms with Crippen molar-refractivity contribution in [1.29, 1.82) is 0 Å². The lowest BCUT2D eigenvalue weighted by molar-refractivity contribution is -0.144. The van der Waals surface area contributed by atoms with Gasteiger partial charge in [0.15, 0.2) is 5.82 Å². The highest BCUT2D eigenvalue weighted by Crippen LogP contribution is 2.25. The van der Waals surface area contributed by atoms with Crippen LogP contribution in [0.4, 0.5) is 0 Å². The molecular weight excluding hydrogens is 715 g/mol. The van der Waals surface area contributed by atoms with Crippen molar-refractivity contribution >= 4 is 29.7 Å². The Morgan fingerprint density at radius 2 is 1.36 bits per heavy atom. The number of ether oxygens (including phenoxy) is 1. The molecule has 0 aliphatic heterocycles. The minimum atomic E-state index is -1.68. The van der Waals surface area contributed by atoms with E-state index in [0.29, 0.717) is 29.1 Å². The highest BCUT2D eigenvalue weighted by molar-refractivity contribution is 5.98. The molecule has 0 saturated heterocycles. The van der Waals surface area contributed by atoms with Gasteiger partial charge in [-0.25, -0.2) is 14.8 Å². The number of unbranched alkanes of at least 4 members (excludes halogenated alkanes) is 4. The number of nitrogens with zero attached hydrogens (tertiary/aromatic N) is 2. The Morgan fingerprint density at radius 1 is 0.732 bits per heavy atom. The molecule has 0 saturated carbocycles. The number of amides is 3. The van der Waals surface area contributed by atoms with E-state index in [-0.39, 0.29) is 11.8 Å². The Bertz CT molecular complexity index is 1920. The maximum atomic E-state index is 13.6. The van der Waals surface area contributed by atoms with Crippen LogP contribution in [0.1, 0.15) is 87.7 Å². The molecule has 0 radical (unpaired) electrons. The lowest BCUT2D eigenvalue weighted by atomic mass is 9.86. The van der Waals surface area contributed by atoms with Crippen LogP contribution in [-0.4, -0.2) is 75.1 Å². The van der Waals surface area contributed by atoms with Crippen LogP contribution in [-0.2, 0) is 31.0 Å². The number of hydrogen-bond donors (Lipinski definition) is 5. The number of carboxylic acids is 2. The summed E-state index contributed by atoms with van der Waals surface area (Å²) in [6, 6.07) is 18.9. The van der Waals surface area contributed by atoms with Crippen molar-refractivity contribution in [2.45, 2.75) is 90.1 Å². The van der Waals surface area contributed by atoms with Crippen LogP contribution in [0.25, 0.3) is 22.5 Å². The third-order valence-electron chi connectivity index (χ3n) is 9.08. The normalized spacial score (nSPS) is 12.2. The Kier molecular flexibility index (Phi) is 15.6. The quantitative estimate of drug-likeness (QED) is 0.0670. The molecule has 13 heteroatoms. The van der Waals surface area contributed by atoms with Gasteiger partial charge < -0.3 is 30.9 Å². The largest absolute Gasteiger partial charge is 0.494 e. The number of carboxylic acid groups (broad SMARTS) is 2. The van der Waals surface area contributed by atoms with Gasteiger partial charge >= 0.3 is 11.9 Å².